The second-order valence-corrected chi connectivity index (χ2v) is 7.14. The molecule has 0 aliphatic rings. The summed E-state index contributed by atoms with van der Waals surface area (Å²) in [6.45, 7) is 3.76. The SMILES string of the molecule is C[C@H](N[C@H](C)C(=O)Nc1ccc(S(N)(=O)=O)cc1)c1ccccc1. The molecule has 0 aliphatic carbocycles. The highest BCUT2D eigenvalue weighted by Gasteiger charge is 2.16. The van der Waals surface area contributed by atoms with E-state index in [2.05, 4.69) is 10.6 Å². The summed E-state index contributed by atoms with van der Waals surface area (Å²) in [4.78, 5) is 12.2. The lowest BCUT2D eigenvalue weighted by molar-refractivity contribution is -0.117. The molecule has 24 heavy (non-hydrogen) atoms. The number of carbonyl (C=O) groups is 1. The largest absolute Gasteiger partial charge is 0.325 e. The van der Waals surface area contributed by atoms with Gasteiger partial charge in [-0.25, -0.2) is 13.6 Å². The molecule has 1 amide bonds. The molecule has 0 unspecified atom stereocenters. The topological polar surface area (TPSA) is 101 Å². The molecule has 0 heterocycles. The van der Waals surface area contributed by atoms with E-state index in [1.807, 2.05) is 37.3 Å². The van der Waals surface area contributed by atoms with Gasteiger partial charge in [-0.1, -0.05) is 30.3 Å². The molecule has 7 heteroatoms. The van der Waals surface area contributed by atoms with Crippen LogP contribution in [0.2, 0.25) is 0 Å². The number of anilines is 1. The number of amides is 1. The van der Waals surface area contributed by atoms with E-state index in [-0.39, 0.29) is 16.8 Å². The van der Waals surface area contributed by atoms with Gasteiger partial charge < -0.3 is 5.32 Å². The molecule has 4 N–H and O–H groups in total. The van der Waals surface area contributed by atoms with Crippen LogP contribution in [0.1, 0.15) is 25.5 Å². The zero-order valence-corrected chi connectivity index (χ0v) is 14.4. The van der Waals surface area contributed by atoms with E-state index in [1.54, 1.807) is 6.92 Å². The van der Waals surface area contributed by atoms with Crippen molar-refractivity contribution >= 4 is 21.6 Å². The van der Waals surface area contributed by atoms with Gasteiger partial charge in [-0.15, -0.1) is 0 Å². The van der Waals surface area contributed by atoms with Crippen molar-refractivity contribution in [3.63, 3.8) is 0 Å². The maximum atomic E-state index is 12.2. The van der Waals surface area contributed by atoms with Crippen molar-refractivity contribution in [2.24, 2.45) is 5.14 Å². The summed E-state index contributed by atoms with van der Waals surface area (Å²) in [6.07, 6.45) is 0. The summed E-state index contributed by atoms with van der Waals surface area (Å²) < 4.78 is 22.4. The van der Waals surface area contributed by atoms with Crippen LogP contribution in [-0.2, 0) is 14.8 Å². The molecule has 2 aromatic carbocycles. The van der Waals surface area contributed by atoms with E-state index in [9.17, 15) is 13.2 Å². The standard InChI is InChI=1S/C17H21N3O3S/c1-12(14-6-4-3-5-7-14)19-13(2)17(21)20-15-8-10-16(11-9-15)24(18,22)23/h3-13,19H,1-2H3,(H,20,21)(H2,18,22,23)/t12-,13+/m0/s1. The third-order valence-electron chi connectivity index (χ3n) is 3.64. The highest BCUT2D eigenvalue weighted by molar-refractivity contribution is 7.89. The Bertz CT molecular complexity index is 790. The number of sulfonamides is 1. The van der Waals surface area contributed by atoms with Crippen LogP contribution in [-0.4, -0.2) is 20.4 Å². The summed E-state index contributed by atoms with van der Waals surface area (Å²) in [5, 5.41) is 11.0. The summed E-state index contributed by atoms with van der Waals surface area (Å²) in [5.74, 6) is -0.207. The Morgan fingerprint density at radius 1 is 1.00 bits per heavy atom. The normalized spacial score (nSPS) is 14.0. The lowest BCUT2D eigenvalue weighted by atomic mass is 10.1. The molecular weight excluding hydrogens is 326 g/mol. The predicted molar refractivity (Wildman–Crippen MR) is 93.9 cm³/mol. The maximum absolute atomic E-state index is 12.2. The van der Waals surface area contributed by atoms with Gasteiger partial charge in [-0.05, 0) is 43.7 Å². The van der Waals surface area contributed by atoms with Crippen LogP contribution in [0.3, 0.4) is 0 Å². The number of rotatable bonds is 6. The molecular formula is C17H21N3O3S. The molecule has 0 fully saturated rings. The van der Waals surface area contributed by atoms with E-state index in [0.717, 1.165) is 5.56 Å². The molecule has 0 radical (unpaired) electrons. The molecule has 0 saturated carbocycles. The molecule has 2 aromatic rings. The maximum Gasteiger partial charge on any atom is 0.241 e. The Morgan fingerprint density at radius 2 is 1.58 bits per heavy atom. The first-order valence-electron chi connectivity index (χ1n) is 7.52. The number of hydrogen-bond donors (Lipinski definition) is 3. The summed E-state index contributed by atoms with van der Waals surface area (Å²) in [5.41, 5.74) is 1.60. The van der Waals surface area contributed by atoms with Gasteiger partial charge in [0.2, 0.25) is 15.9 Å². The fourth-order valence-electron chi connectivity index (χ4n) is 2.27. The molecule has 0 saturated heterocycles. The Hall–Kier alpha value is -2.22. The van der Waals surface area contributed by atoms with E-state index in [4.69, 9.17) is 5.14 Å². The summed E-state index contributed by atoms with van der Waals surface area (Å²) in [6, 6.07) is 15.2. The second kappa shape index (κ2) is 7.57. The number of primary sulfonamides is 1. The van der Waals surface area contributed by atoms with E-state index < -0.39 is 16.1 Å². The van der Waals surface area contributed by atoms with Crippen molar-refractivity contribution in [3.05, 3.63) is 60.2 Å². The first kappa shape index (κ1) is 18.1. The number of nitrogens with two attached hydrogens (primary N) is 1. The number of benzene rings is 2. The minimum Gasteiger partial charge on any atom is -0.325 e. The van der Waals surface area contributed by atoms with E-state index in [1.165, 1.54) is 24.3 Å². The Balaban J connectivity index is 1.96. The predicted octanol–water partition coefficient (Wildman–Crippen LogP) is 2.01. The van der Waals surface area contributed by atoms with E-state index in [0.29, 0.717) is 5.69 Å². The average Bonchev–Trinajstić information content (AvgIpc) is 2.55. The molecule has 0 aromatic heterocycles. The van der Waals surface area contributed by atoms with Crippen LogP contribution in [0.4, 0.5) is 5.69 Å². The highest BCUT2D eigenvalue weighted by Crippen LogP contribution is 2.15. The van der Waals surface area contributed by atoms with Crippen molar-refractivity contribution < 1.29 is 13.2 Å². The van der Waals surface area contributed by atoms with Crippen LogP contribution >= 0.6 is 0 Å². The molecule has 2 atom stereocenters. The van der Waals surface area contributed by atoms with Gasteiger partial charge in [0.15, 0.2) is 0 Å². The molecule has 0 bridgehead atoms. The van der Waals surface area contributed by atoms with Crippen molar-refractivity contribution in [2.45, 2.75) is 30.8 Å². The van der Waals surface area contributed by atoms with Gasteiger partial charge in [-0.3, -0.25) is 10.1 Å². The Labute approximate surface area is 142 Å². The van der Waals surface area contributed by atoms with Crippen LogP contribution < -0.4 is 15.8 Å². The molecule has 0 spiro atoms. The molecule has 0 aliphatic heterocycles. The van der Waals surface area contributed by atoms with Gasteiger partial charge in [-0.2, -0.15) is 0 Å². The van der Waals surface area contributed by atoms with Crippen molar-refractivity contribution in [1.29, 1.82) is 0 Å². The zero-order chi connectivity index (χ0) is 17.7. The van der Waals surface area contributed by atoms with Crippen molar-refractivity contribution in [2.75, 3.05) is 5.32 Å². The quantitative estimate of drug-likeness (QED) is 0.744. The zero-order valence-electron chi connectivity index (χ0n) is 13.6. The van der Waals surface area contributed by atoms with Gasteiger partial charge in [0.25, 0.3) is 0 Å². The van der Waals surface area contributed by atoms with Crippen molar-refractivity contribution in [1.82, 2.24) is 5.32 Å². The highest BCUT2D eigenvalue weighted by atomic mass is 32.2. The van der Waals surface area contributed by atoms with Crippen LogP contribution in [0.15, 0.2) is 59.5 Å². The Morgan fingerprint density at radius 3 is 2.12 bits per heavy atom. The van der Waals surface area contributed by atoms with Crippen LogP contribution in [0, 0.1) is 0 Å². The average molecular weight is 347 g/mol. The number of nitrogens with one attached hydrogen (secondary N) is 2. The minimum atomic E-state index is -3.74. The molecule has 6 nitrogen and oxygen atoms in total. The van der Waals surface area contributed by atoms with E-state index >= 15 is 0 Å². The third kappa shape index (κ3) is 4.89. The van der Waals surface area contributed by atoms with Crippen LogP contribution in [0.5, 0.6) is 0 Å². The van der Waals surface area contributed by atoms with Gasteiger partial charge >= 0.3 is 0 Å². The smallest absolute Gasteiger partial charge is 0.241 e. The van der Waals surface area contributed by atoms with Crippen LogP contribution in [0.25, 0.3) is 0 Å². The molecule has 2 rings (SSSR count). The number of hydrogen-bond acceptors (Lipinski definition) is 4. The summed E-state index contributed by atoms with van der Waals surface area (Å²) in [7, 11) is -3.74. The Kier molecular flexibility index (Phi) is 5.71. The van der Waals surface area contributed by atoms with Crippen molar-refractivity contribution in [3.8, 4) is 0 Å². The summed E-state index contributed by atoms with van der Waals surface area (Å²) >= 11 is 0. The lowest BCUT2D eigenvalue weighted by Gasteiger charge is -2.20. The number of carbonyl (C=O) groups excluding carboxylic acids is 1. The van der Waals surface area contributed by atoms with Gasteiger partial charge in [0.1, 0.15) is 0 Å². The fourth-order valence-corrected chi connectivity index (χ4v) is 2.78. The second-order valence-electron chi connectivity index (χ2n) is 5.58. The van der Waals surface area contributed by atoms with Gasteiger partial charge in [0, 0.05) is 11.7 Å². The minimum absolute atomic E-state index is 0.00405. The third-order valence-corrected chi connectivity index (χ3v) is 4.57. The molecule has 128 valence electrons. The monoisotopic (exact) mass is 347 g/mol. The first-order valence-corrected chi connectivity index (χ1v) is 9.07. The first-order chi connectivity index (χ1) is 11.3. The fraction of sp³-hybridized carbons (Fsp3) is 0.235. The lowest BCUT2D eigenvalue weighted by Crippen LogP contribution is -2.39. The van der Waals surface area contributed by atoms with Gasteiger partial charge in [0.05, 0.1) is 10.9 Å².